The van der Waals surface area contributed by atoms with Crippen molar-refractivity contribution >= 4 is 27.3 Å². The molecule has 1 fully saturated rings. The molecule has 1 atom stereocenters. The zero-order valence-corrected chi connectivity index (χ0v) is 11.5. The van der Waals surface area contributed by atoms with Gasteiger partial charge in [0.2, 0.25) is 0 Å². The van der Waals surface area contributed by atoms with Crippen LogP contribution >= 0.6 is 11.3 Å². The van der Waals surface area contributed by atoms with Crippen LogP contribution in [0.3, 0.4) is 0 Å². The van der Waals surface area contributed by atoms with Gasteiger partial charge >= 0.3 is 0 Å². The molecular formula is C15H16N2OS. The first-order valence-corrected chi connectivity index (χ1v) is 7.70. The molecule has 0 bridgehead atoms. The summed E-state index contributed by atoms with van der Waals surface area (Å²) >= 11 is 1.77. The first-order valence-electron chi connectivity index (χ1n) is 6.88. The molecule has 1 unspecified atom stereocenters. The smallest absolute Gasteiger partial charge is 0.254 e. The van der Waals surface area contributed by atoms with E-state index in [9.17, 15) is 4.79 Å². The van der Waals surface area contributed by atoms with Crippen LogP contribution < -0.4 is 5.32 Å². The minimum absolute atomic E-state index is 0.113. The van der Waals surface area contributed by atoms with Gasteiger partial charge in [-0.3, -0.25) is 9.69 Å². The maximum Gasteiger partial charge on any atom is 0.254 e. The molecule has 0 saturated carbocycles. The summed E-state index contributed by atoms with van der Waals surface area (Å²) in [5.41, 5.74) is 0.912. The van der Waals surface area contributed by atoms with Crippen molar-refractivity contribution in [2.45, 2.75) is 32.0 Å². The SMILES string of the molecule is O=C1NC2CCCCN2Cc2sc3ccccc3c21. The van der Waals surface area contributed by atoms with E-state index in [1.54, 1.807) is 11.3 Å². The molecule has 0 radical (unpaired) electrons. The van der Waals surface area contributed by atoms with Gasteiger partial charge in [0, 0.05) is 28.1 Å². The van der Waals surface area contributed by atoms with E-state index in [1.807, 2.05) is 12.1 Å². The third kappa shape index (κ3) is 1.78. The van der Waals surface area contributed by atoms with Gasteiger partial charge in [0.15, 0.2) is 0 Å². The Morgan fingerprint density at radius 3 is 3.11 bits per heavy atom. The Bertz CT molecular complexity index is 649. The lowest BCUT2D eigenvalue weighted by atomic mass is 10.1. The summed E-state index contributed by atoms with van der Waals surface area (Å²) in [6, 6.07) is 8.23. The van der Waals surface area contributed by atoms with Crippen molar-refractivity contribution in [3.8, 4) is 0 Å². The highest BCUT2D eigenvalue weighted by Crippen LogP contribution is 2.35. The molecule has 2 aromatic rings. The Hall–Kier alpha value is -1.39. The van der Waals surface area contributed by atoms with Crippen LogP contribution in [-0.2, 0) is 6.54 Å². The van der Waals surface area contributed by atoms with Gasteiger partial charge in [0.1, 0.15) is 0 Å². The molecule has 2 aliphatic rings. The van der Waals surface area contributed by atoms with E-state index < -0.39 is 0 Å². The number of hydrogen-bond donors (Lipinski definition) is 1. The first-order chi connectivity index (χ1) is 9.33. The molecule has 3 nitrogen and oxygen atoms in total. The lowest BCUT2D eigenvalue weighted by Gasteiger charge is -2.33. The second kappa shape index (κ2) is 4.32. The fraction of sp³-hybridized carbons (Fsp3) is 0.400. The van der Waals surface area contributed by atoms with Gasteiger partial charge in [-0.25, -0.2) is 0 Å². The molecule has 1 saturated heterocycles. The van der Waals surface area contributed by atoms with Gasteiger partial charge in [-0.05, 0) is 25.3 Å². The summed E-state index contributed by atoms with van der Waals surface area (Å²) in [5, 5.41) is 4.32. The van der Waals surface area contributed by atoms with Crippen LogP contribution in [0.2, 0.25) is 0 Å². The molecule has 1 aromatic carbocycles. The summed E-state index contributed by atoms with van der Waals surface area (Å²) in [5.74, 6) is 0.113. The highest BCUT2D eigenvalue weighted by atomic mass is 32.1. The minimum atomic E-state index is 0.113. The van der Waals surface area contributed by atoms with E-state index in [1.165, 1.54) is 22.4 Å². The Labute approximate surface area is 116 Å². The second-order valence-corrected chi connectivity index (χ2v) is 6.49. The average Bonchev–Trinajstić information content (AvgIpc) is 2.72. The highest BCUT2D eigenvalue weighted by molar-refractivity contribution is 7.19. The number of nitrogens with one attached hydrogen (secondary N) is 1. The number of piperidine rings is 1. The van der Waals surface area contributed by atoms with E-state index in [0.717, 1.165) is 30.5 Å². The van der Waals surface area contributed by atoms with Gasteiger partial charge in [-0.15, -0.1) is 11.3 Å². The van der Waals surface area contributed by atoms with Gasteiger partial charge in [-0.2, -0.15) is 0 Å². The zero-order valence-electron chi connectivity index (χ0n) is 10.7. The number of rotatable bonds is 0. The van der Waals surface area contributed by atoms with E-state index in [2.05, 4.69) is 22.3 Å². The number of hydrogen-bond acceptors (Lipinski definition) is 3. The van der Waals surface area contributed by atoms with Crippen LogP contribution in [0.1, 0.15) is 34.5 Å². The molecule has 4 rings (SSSR count). The van der Waals surface area contributed by atoms with E-state index in [4.69, 9.17) is 0 Å². The van der Waals surface area contributed by atoms with Crippen LogP contribution in [0.25, 0.3) is 10.1 Å². The number of carbonyl (C=O) groups is 1. The van der Waals surface area contributed by atoms with E-state index in [-0.39, 0.29) is 12.1 Å². The van der Waals surface area contributed by atoms with Crippen LogP contribution in [0.15, 0.2) is 24.3 Å². The maximum absolute atomic E-state index is 12.5. The number of nitrogens with zero attached hydrogens (tertiary/aromatic N) is 1. The van der Waals surface area contributed by atoms with E-state index >= 15 is 0 Å². The number of benzene rings is 1. The number of amides is 1. The molecule has 0 aliphatic carbocycles. The molecule has 0 spiro atoms. The van der Waals surface area contributed by atoms with Crippen molar-refractivity contribution < 1.29 is 4.79 Å². The fourth-order valence-corrected chi connectivity index (χ4v) is 4.44. The van der Waals surface area contributed by atoms with Crippen molar-refractivity contribution in [2.24, 2.45) is 0 Å². The first kappa shape index (κ1) is 11.4. The molecule has 19 heavy (non-hydrogen) atoms. The van der Waals surface area contributed by atoms with Crippen LogP contribution in [0.5, 0.6) is 0 Å². The summed E-state index contributed by atoms with van der Waals surface area (Å²) in [4.78, 5) is 16.1. The normalized spacial score (nSPS) is 23.6. The standard InChI is InChI=1S/C15H16N2OS/c18-15-14-10-5-1-2-6-11(10)19-12(14)9-17-8-4-3-7-13(17)16-15/h1-2,5-6,13H,3-4,7-9H2,(H,16,18). The zero-order chi connectivity index (χ0) is 12.8. The Kier molecular flexibility index (Phi) is 2.60. The summed E-state index contributed by atoms with van der Waals surface area (Å²) in [6.45, 7) is 2.01. The van der Waals surface area contributed by atoms with Gasteiger partial charge < -0.3 is 5.32 Å². The topological polar surface area (TPSA) is 32.3 Å². The van der Waals surface area contributed by atoms with Crippen molar-refractivity contribution in [2.75, 3.05) is 6.54 Å². The van der Waals surface area contributed by atoms with Gasteiger partial charge in [0.05, 0.1) is 11.7 Å². The Morgan fingerprint density at radius 2 is 2.16 bits per heavy atom. The minimum Gasteiger partial charge on any atom is -0.336 e. The summed E-state index contributed by atoms with van der Waals surface area (Å²) in [7, 11) is 0. The van der Waals surface area contributed by atoms with Crippen LogP contribution in [0.4, 0.5) is 0 Å². The molecular weight excluding hydrogens is 256 g/mol. The predicted octanol–water partition coefficient (Wildman–Crippen LogP) is 2.96. The number of fused-ring (bicyclic) bond motifs is 4. The maximum atomic E-state index is 12.5. The summed E-state index contributed by atoms with van der Waals surface area (Å²) < 4.78 is 1.22. The molecule has 4 heteroatoms. The molecule has 1 amide bonds. The van der Waals surface area contributed by atoms with E-state index in [0.29, 0.717) is 0 Å². The van der Waals surface area contributed by atoms with Crippen LogP contribution in [0, 0.1) is 0 Å². The Morgan fingerprint density at radius 1 is 1.26 bits per heavy atom. The Balaban J connectivity index is 1.85. The van der Waals surface area contributed by atoms with Crippen molar-refractivity contribution in [3.63, 3.8) is 0 Å². The van der Waals surface area contributed by atoms with Crippen molar-refractivity contribution in [3.05, 3.63) is 34.7 Å². The molecule has 1 aromatic heterocycles. The number of carbonyl (C=O) groups excluding carboxylic acids is 1. The van der Waals surface area contributed by atoms with Crippen LogP contribution in [-0.4, -0.2) is 23.5 Å². The average molecular weight is 272 g/mol. The van der Waals surface area contributed by atoms with Gasteiger partial charge in [0.25, 0.3) is 5.91 Å². The molecule has 2 aliphatic heterocycles. The molecule has 98 valence electrons. The fourth-order valence-electron chi connectivity index (χ4n) is 3.21. The molecule has 1 N–H and O–H groups in total. The van der Waals surface area contributed by atoms with Gasteiger partial charge in [-0.1, -0.05) is 18.2 Å². The quantitative estimate of drug-likeness (QED) is 0.799. The molecule has 3 heterocycles. The second-order valence-electron chi connectivity index (χ2n) is 5.35. The lowest BCUT2D eigenvalue weighted by molar-refractivity contribution is 0.0797. The number of thiophene rings is 1. The lowest BCUT2D eigenvalue weighted by Crippen LogP contribution is -2.48. The third-order valence-electron chi connectivity index (χ3n) is 4.15. The van der Waals surface area contributed by atoms with Crippen molar-refractivity contribution in [1.29, 1.82) is 0 Å². The predicted molar refractivity (Wildman–Crippen MR) is 77.3 cm³/mol. The van der Waals surface area contributed by atoms with Crippen molar-refractivity contribution in [1.82, 2.24) is 10.2 Å². The largest absolute Gasteiger partial charge is 0.336 e. The monoisotopic (exact) mass is 272 g/mol. The summed E-state index contributed by atoms with van der Waals surface area (Å²) in [6.07, 6.45) is 3.78. The highest BCUT2D eigenvalue weighted by Gasteiger charge is 2.31. The third-order valence-corrected chi connectivity index (χ3v) is 5.31.